The molecule has 1 aromatic heterocycles. The highest BCUT2D eigenvalue weighted by molar-refractivity contribution is 6.08. The van der Waals surface area contributed by atoms with E-state index in [1.807, 2.05) is 6.07 Å². The van der Waals surface area contributed by atoms with Gasteiger partial charge in [-0.2, -0.15) is 5.26 Å². The third kappa shape index (κ3) is 5.05. The normalized spacial score (nSPS) is 9.87. The first-order valence-electron chi connectivity index (χ1n) is 8.92. The molecule has 3 rings (SSSR count). The van der Waals surface area contributed by atoms with Crippen LogP contribution in [0.1, 0.15) is 33.3 Å². The van der Waals surface area contributed by atoms with E-state index in [4.69, 9.17) is 5.26 Å². The predicted octanol–water partition coefficient (Wildman–Crippen LogP) is 3.42. The predicted molar refractivity (Wildman–Crippen MR) is 112 cm³/mol. The van der Waals surface area contributed by atoms with Crippen LogP contribution in [0.3, 0.4) is 0 Å². The Morgan fingerprint density at radius 2 is 1.53 bits per heavy atom. The number of anilines is 3. The number of benzene rings is 2. The van der Waals surface area contributed by atoms with Crippen molar-refractivity contribution in [2.24, 2.45) is 0 Å². The number of amides is 3. The Bertz CT molecular complexity index is 1150. The molecule has 1 heterocycles. The fraction of sp³-hybridized carbons (Fsp3) is 0.0455. The van der Waals surface area contributed by atoms with Gasteiger partial charge in [0, 0.05) is 30.1 Å². The molecule has 0 bridgehead atoms. The summed E-state index contributed by atoms with van der Waals surface area (Å²) < 4.78 is 0. The van der Waals surface area contributed by atoms with Gasteiger partial charge in [0.15, 0.2) is 0 Å². The number of nitrogens with one attached hydrogen (secondary N) is 3. The summed E-state index contributed by atoms with van der Waals surface area (Å²) in [6.07, 6.45) is 1.36. The average molecular weight is 399 g/mol. The van der Waals surface area contributed by atoms with Crippen LogP contribution < -0.4 is 16.0 Å². The van der Waals surface area contributed by atoms with Gasteiger partial charge in [0.1, 0.15) is 11.8 Å². The largest absolute Gasteiger partial charge is 0.326 e. The van der Waals surface area contributed by atoms with Crippen LogP contribution in [0.4, 0.5) is 17.1 Å². The lowest BCUT2D eigenvalue weighted by molar-refractivity contribution is -0.114. The number of carbonyl (C=O) groups excluding carboxylic acids is 3. The molecular formula is C22H17N5O3. The summed E-state index contributed by atoms with van der Waals surface area (Å²) in [7, 11) is 0. The van der Waals surface area contributed by atoms with Gasteiger partial charge >= 0.3 is 0 Å². The number of hydrogen-bond acceptors (Lipinski definition) is 5. The molecule has 30 heavy (non-hydrogen) atoms. The molecule has 3 amide bonds. The zero-order valence-electron chi connectivity index (χ0n) is 16.0. The van der Waals surface area contributed by atoms with Crippen LogP contribution in [0.5, 0.6) is 0 Å². The van der Waals surface area contributed by atoms with Crippen LogP contribution in [0, 0.1) is 11.3 Å². The summed E-state index contributed by atoms with van der Waals surface area (Å²) in [4.78, 5) is 40.1. The van der Waals surface area contributed by atoms with Crippen LogP contribution in [-0.4, -0.2) is 22.7 Å². The fourth-order valence-corrected chi connectivity index (χ4v) is 2.62. The molecule has 3 N–H and O–H groups in total. The molecule has 0 aliphatic heterocycles. The average Bonchev–Trinajstić information content (AvgIpc) is 2.75. The van der Waals surface area contributed by atoms with Crippen molar-refractivity contribution in [3.05, 3.63) is 83.7 Å². The molecule has 0 aliphatic rings. The zero-order valence-corrected chi connectivity index (χ0v) is 16.0. The van der Waals surface area contributed by atoms with Crippen LogP contribution in [0.25, 0.3) is 0 Å². The Kier molecular flexibility index (Phi) is 6.15. The van der Waals surface area contributed by atoms with Gasteiger partial charge in [0.25, 0.3) is 11.8 Å². The van der Waals surface area contributed by atoms with Crippen molar-refractivity contribution in [3.63, 3.8) is 0 Å². The minimum atomic E-state index is -0.491. The van der Waals surface area contributed by atoms with Crippen LogP contribution in [0.15, 0.2) is 66.9 Å². The number of nitrogens with zero attached hydrogens (tertiary/aromatic N) is 2. The van der Waals surface area contributed by atoms with Gasteiger partial charge in [-0.3, -0.25) is 19.4 Å². The van der Waals surface area contributed by atoms with E-state index in [0.717, 1.165) is 0 Å². The maximum absolute atomic E-state index is 12.5. The third-order valence-corrected chi connectivity index (χ3v) is 4.01. The van der Waals surface area contributed by atoms with E-state index in [9.17, 15) is 14.4 Å². The molecule has 8 nitrogen and oxygen atoms in total. The summed E-state index contributed by atoms with van der Waals surface area (Å²) in [6.45, 7) is 1.41. The highest BCUT2D eigenvalue weighted by Crippen LogP contribution is 2.17. The number of pyridine rings is 1. The molecule has 0 unspecified atom stereocenters. The molecule has 0 saturated carbocycles. The van der Waals surface area contributed by atoms with Crippen molar-refractivity contribution in [1.82, 2.24) is 4.98 Å². The molecule has 0 saturated heterocycles. The molecule has 148 valence electrons. The second kappa shape index (κ2) is 9.12. The summed E-state index contributed by atoms with van der Waals surface area (Å²) in [5.41, 5.74) is 2.11. The van der Waals surface area contributed by atoms with Crippen LogP contribution in [0.2, 0.25) is 0 Å². The monoisotopic (exact) mass is 399 g/mol. The molecule has 0 spiro atoms. The molecule has 0 atom stereocenters. The van der Waals surface area contributed by atoms with Crippen molar-refractivity contribution in [2.75, 3.05) is 16.0 Å². The summed E-state index contributed by atoms with van der Waals surface area (Å²) in [5, 5.41) is 17.1. The van der Waals surface area contributed by atoms with Crippen LogP contribution in [-0.2, 0) is 4.79 Å². The number of rotatable bonds is 5. The van der Waals surface area contributed by atoms with Crippen molar-refractivity contribution >= 4 is 34.8 Å². The maximum atomic E-state index is 12.5. The summed E-state index contributed by atoms with van der Waals surface area (Å²) in [5.74, 6) is -1.15. The molecule has 0 fully saturated rings. The first kappa shape index (κ1) is 20.2. The van der Waals surface area contributed by atoms with Crippen molar-refractivity contribution in [3.8, 4) is 6.07 Å². The van der Waals surface area contributed by atoms with E-state index in [2.05, 4.69) is 20.9 Å². The van der Waals surface area contributed by atoms with Crippen molar-refractivity contribution in [2.45, 2.75) is 6.92 Å². The molecule has 0 aliphatic carbocycles. The van der Waals surface area contributed by atoms with E-state index in [1.54, 1.807) is 48.5 Å². The highest BCUT2D eigenvalue weighted by atomic mass is 16.2. The lowest BCUT2D eigenvalue weighted by Crippen LogP contribution is -2.17. The standard InChI is InChI=1S/C22H17N5O3/c1-14(28)25-17-6-8-18(9-7-17)26-22(30)20-12-15(10-11-24-20)21(29)27-19-5-3-2-4-16(19)13-23/h2-12H,1H3,(H,25,28)(H,26,30)(H,27,29). The lowest BCUT2D eigenvalue weighted by atomic mass is 10.1. The van der Waals surface area contributed by atoms with Gasteiger partial charge in [-0.05, 0) is 48.5 Å². The molecule has 8 heteroatoms. The topological polar surface area (TPSA) is 124 Å². The number of nitriles is 1. The number of para-hydroxylation sites is 1. The highest BCUT2D eigenvalue weighted by Gasteiger charge is 2.13. The van der Waals surface area contributed by atoms with Gasteiger partial charge in [0.05, 0.1) is 11.3 Å². The van der Waals surface area contributed by atoms with Gasteiger partial charge in [-0.1, -0.05) is 12.1 Å². The molecule has 2 aromatic carbocycles. The molecular weight excluding hydrogens is 382 g/mol. The van der Waals surface area contributed by atoms with Gasteiger partial charge in [-0.15, -0.1) is 0 Å². The van der Waals surface area contributed by atoms with E-state index in [-0.39, 0.29) is 17.2 Å². The smallest absolute Gasteiger partial charge is 0.274 e. The van der Waals surface area contributed by atoms with E-state index in [1.165, 1.54) is 25.3 Å². The summed E-state index contributed by atoms with van der Waals surface area (Å²) in [6, 6.07) is 18.1. The minimum Gasteiger partial charge on any atom is -0.326 e. The minimum absolute atomic E-state index is 0.0576. The van der Waals surface area contributed by atoms with Gasteiger partial charge in [0.2, 0.25) is 5.91 Å². The second-order valence-electron chi connectivity index (χ2n) is 6.25. The van der Waals surface area contributed by atoms with Gasteiger partial charge < -0.3 is 16.0 Å². The zero-order chi connectivity index (χ0) is 21.5. The van der Waals surface area contributed by atoms with E-state index in [0.29, 0.717) is 22.6 Å². The Hall–Kier alpha value is -4.51. The first-order chi connectivity index (χ1) is 14.5. The van der Waals surface area contributed by atoms with E-state index >= 15 is 0 Å². The maximum Gasteiger partial charge on any atom is 0.274 e. The van der Waals surface area contributed by atoms with Gasteiger partial charge in [-0.25, -0.2) is 0 Å². The molecule has 3 aromatic rings. The SMILES string of the molecule is CC(=O)Nc1ccc(NC(=O)c2cc(C(=O)Nc3ccccc3C#N)ccn2)cc1. The van der Waals surface area contributed by atoms with Crippen LogP contribution >= 0.6 is 0 Å². The Morgan fingerprint density at radius 3 is 2.20 bits per heavy atom. The summed E-state index contributed by atoms with van der Waals surface area (Å²) >= 11 is 0. The van der Waals surface area contributed by atoms with Crippen molar-refractivity contribution in [1.29, 1.82) is 5.26 Å². The van der Waals surface area contributed by atoms with Crippen molar-refractivity contribution < 1.29 is 14.4 Å². The lowest BCUT2D eigenvalue weighted by Gasteiger charge is -2.09. The number of aromatic nitrogens is 1. The Balaban J connectivity index is 1.71. The Labute approximate surface area is 172 Å². The number of carbonyl (C=O) groups is 3. The third-order valence-electron chi connectivity index (χ3n) is 4.01. The number of hydrogen-bond donors (Lipinski definition) is 3. The first-order valence-corrected chi connectivity index (χ1v) is 8.92. The Morgan fingerprint density at radius 1 is 0.867 bits per heavy atom. The fourth-order valence-electron chi connectivity index (χ4n) is 2.62. The van der Waals surface area contributed by atoms with E-state index < -0.39 is 11.8 Å². The second-order valence-corrected chi connectivity index (χ2v) is 6.25. The quantitative estimate of drug-likeness (QED) is 0.606. The molecule has 0 radical (unpaired) electrons.